The summed E-state index contributed by atoms with van der Waals surface area (Å²) in [6.07, 6.45) is 1.56. The molecule has 1 amide bonds. The molecule has 0 atom stereocenters. The lowest BCUT2D eigenvalue weighted by molar-refractivity contribution is 0.0949. The predicted octanol–water partition coefficient (Wildman–Crippen LogP) is 3.05. The highest BCUT2D eigenvalue weighted by atomic mass is 32.1. The van der Waals surface area contributed by atoms with Gasteiger partial charge in [-0.2, -0.15) is 10.1 Å². The van der Waals surface area contributed by atoms with E-state index in [1.54, 1.807) is 0 Å². The first-order valence-electron chi connectivity index (χ1n) is 8.26. The van der Waals surface area contributed by atoms with Crippen molar-refractivity contribution >= 4 is 23.5 Å². The minimum atomic E-state index is -0.589. The summed E-state index contributed by atoms with van der Waals surface area (Å²) >= 11 is 1.45. The minimum Gasteiger partial charge on any atom is -0.491 e. The molecule has 0 aliphatic carbocycles. The first-order chi connectivity index (χ1) is 13.0. The third-order valence-electron chi connectivity index (χ3n) is 3.37. The fourth-order valence-electron chi connectivity index (χ4n) is 2.30. The third kappa shape index (κ3) is 5.11. The van der Waals surface area contributed by atoms with Crippen LogP contribution in [0.2, 0.25) is 0 Å². The monoisotopic (exact) mass is 382 g/mol. The van der Waals surface area contributed by atoms with Crippen LogP contribution < -0.4 is 15.9 Å². The number of aromatic amines is 1. The van der Waals surface area contributed by atoms with Crippen molar-refractivity contribution in [2.45, 2.75) is 20.0 Å². The van der Waals surface area contributed by atoms with Crippen molar-refractivity contribution in [1.29, 1.82) is 0 Å². The van der Waals surface area contributed by atoms with Gasteiger partial charge in [-0.25, -0.2) is 10.2 Å². The summed E-state index contributed by atoms with van der Waals surface area (Å²) in [5.41, 5.74) is 3.10. The number of carbonyl (C=O) groups is 1. The van der Waals surface area contributed by atoms with Crippen molar-refractivity contribution in [3.05, 3.63) is 69.6 Å². The second-order valence-electron chi connectivity index (χ2n) is 5.90. The van der Waals surface area contributed by atoms with Gasteiger partial charge in [-0.15, -0.1) is 11.3 Å². The van der Waals surface area contributed by atoms with Gasteiger partial charge in [0.25, 0.3) is 5.91 Å². The number of nitrogens with one attached hydrogen (secondary N) is 2. The van der Waals surface area contributed by atoms with Gasteiger partial charge in [0.1, 0.15) is 11.4 Å². The van der Waals surface area contributed by atoms with E-state index in [2.05, 4.69) is 20.5 Å². The summed E-state index contributed by atoms with van der Waals surface area (Å²) in [6, 6.07) is 12.6. The Morgan fingerprint density at radius 1 is 1.30 bits per heavy atom. The first-order valence-corrected chi connectivity index (χ1v) is 9.14. The Bertz CT molecular complexity index is 1010. The van der Waals surface area contributed by atoms with Crippen LogP contribution in [0.1, 0.15) is 29.9 Å². The molecule has 0 spiro atoms. The second-order valence-corrected chi connectivity index (χ2v) is 6.85. The molecule has 0 radical (unpaired) electrons. The van der Waals surface area contributed by atoms with E-state index in [0.29, 0.717) is 5.69 Å². The quantitative estimate of drug-likeness (QED) is 0.506. The number of ether oxygens (including phenoxy) is 1. The van der Waals surface area contributed by atoms with Gasteiger partial charge in [-0.05, 0) is 49.1 Å². The van der Waals surface area contributed by atoms with E-state index in [4.69, 9.17) is 4.74 Å². The number of hydrogen-bond acceptors (Lipinski definition) is 6. The number of hydrogen-bond donors (Lipinski definition) is 2. The number of amides is 1. The normalized spacial score (nSPS) is 11.1. The number of carbonyl (C=O) groups excluding carboxylic acids is 1. The lowest BCUT2D eigenvalue weighted by Gasteiger charge is -2.09. The van der Waals surface area contributed by atoms with Gasteiger partial charge in [0, 0.05) is 0 Å². The zero-order valence-corrected chi connectivity index (χ0v) is 15.6. The third-order valence-corrected chi connectivity index (χ3v) is 4.28. The Kier molecular flexibility index (Phi) is 5.77. The fraction of sp³-hybridized carbons (Fsp3) is 0.158. The Morgan fingerprint density at radius 2 is 2.15 bits per heavy atom. The Labute approximate surface area is 159 Å². The summed E-state index contributed by atoms with van der Waals surface area (Å²) in [5.74, 6) is 0.155. The zero-order chi connectivity index (χ0) is 19.2. The summed E-state index contributed by atoms with van der Waals surface area (Å²) in [4.78, 5) is 31.2. The molecule has 2 aromatic heterocycles. The molecule has 0 saturated heterocycles. The first kappa shape index (κ1) is 18.5. The molecule has 0 bridgehead atoms. The highest BCUT2D eigenvalue weighted by Gasteiger charge is 2.11. The Morgan fingerprint density at radius 3 is 2.89 bits per heavy atom. The largest absolute Gasteiger partial charge is 0.491 e. The van der Waals surface area contributed by atoms with Crippen LogP contribution in [-0.2, 0) is 0 Å². The zero-order valence-electron chi connectivity index (χ0n) is 14.8. The highest BCUT2D eigenvalue weighted by molar-refractivity contribution is 7.13. The van der Waals surface area contributed by atoms with Crippen LogP contribution in [0.3, 0.4) is 0 Å². The Balaban J connectivity index is 1.71. The molecule has 0 aliphatic rings. The van der Waals surface area contributed by atoms with Gasteiger partial charge in [0.2, 0.25) is 0 Å². The number of benzene rings is 1. The molecule has 0 unspecified atom stereocenters. The second kappa shape index (κ2) is 8.41. The number of hydrazone groups is 1. The van der Waals surface area contributed by atoms with Gasteiger partial charge >= 0.3 is 5.69 Å². The molecule has 138 valence electrons. The summed E-state index contributed by atoms with van der Waals surface area (Å²) in [6.45, 7) is 3.89. The van der Waals surface area contributed by atoms with E-state index >= 15 is 0 Å². The molecule has 3 rings (SSSR count). The van der Waals surface area contributed by atoms with E-state index < -0.39 is 11.6 Å². The molecule has 0 saturated carbocycles. The fourth-order valence-corrected chi connectivity index (χ4v) is 3.00. The molecule has 0 aliphatic heterocycles. The molecule has 0 fully saturated rings. The van der Waals surface area contributed by atoms with Crippen LogP contribution in [0.4, 0.5) is 0 Å². The number of rotatable bonds is 6. The van der Waals surface area contributed by atoms with E-state index in [1.165, 1.54) is 23.6 Å². The number of aromatic nitrogens is 2. The van der Waals surface area contributed by atoms with Gasteiger partial charge in [-0.1, -0.05) is 18.2 Å². The molecule has 3 aromatic rings. The van der Waals surface area contributed by atoms with Crippen LogP contribution in [-0.4, -0.2) is 28.2 Å². The number of thiophene rings is 1. The van der Waals surface area contributed by atoms with Crippen molar-refractivity contribution in [3.63, 3.8) is 0 Å². The average Bonchev–Trinajstić information content (AvgIpc) is 3.15. The van der Waals surface area contributed by atoms with Crippen LogP contribution in [0.25, 0.3) is 10.6 Å². The SMILES string of the molecule is CC(C)Oc1cccc(/C=N/NC(=O)c2cc(-c3cccs3)[nH]c(=O)n2)c1. The van der Waals surface area contributed by atoms with Gasteiger partial charge in [0.05, 0.1) is 22.9 Å². The standard InChI is InChI=1S/C19H18N4O3S/c1-12(2)26-14-6-3-5-13(9-14)11-20-23-18(24)16-10-15(21-19(25)22-16)17-7-4-8-27-17/h3-12H,1-2H3,(H,23,24)(H,21,22,25)/b20-11+. The van der Waals surface area contributed by atoms with Crippen molar-refractivity contribution in [3.8, 4) is 16.3 Å². The van der Waals surface area contributed by atoms with Crippen molar-refractivity contribution < 1.29 is 9.53 Å². The van der Waals surface area contributed by atoms with Crippen molar-refractivity contribution in [2.75, 3.05) is 0 Å². The highest BCUT2D eigenvalue weighted by Crippen LogP contribution is 2.21. The van der Waals surface area contributed by atoms with E-state index in [9.17, 15) is 9.59 Å². The smallest absolute Gasteiger partial charge is 0.346 e. The predicted molar refractivity (Wildman–Crippen MR) is 105 cm³/mol. The van der Waals surface area contributed by atoms with Gasteiger partial charge in [-0.3, -0.25) is 4.79 Å². The average molecular weight is 382 g/mol. The maximum absolute atomic E-state index is 12.3. The topological polar surface area (TPSA) is 96.4 Å². The maximum Gasteiger partial charge on any atom is 0.346 e. The summed E-state index contributed by atoms with van der Waals surface area (Å²) in [7, 11) is 0. The Hall–Kier alpha value is -3.26. The lowest BCUT2D eigenvalue weighted by Crippen LogP contribution is -2.24. The molecule has 8 heteroatoms. The molecule has 2 N–H and O–H groups in total. The van der Waals surface area contributed by atoms with E-state index in [-0.39, 0.29) is 11.8 Å². The lowest BCUT2D eigenvalue weighted by atomic mass is 10.2. The summed E-state index contributed by atoms with van der Waals surface area (Å²) < 4.78 is 5.62. The molecular weight excluding hydrogens is 364 g/mol. The van der Waals surface area contributed by atoms with Crippen molar-refractivity contribution in [1.82, 2.24) is 15.4 Å². The number of H-pyrrole nitrogens is 1. The molecule has 2 heterocycles. The van der Waals surface area contributed by atoms with Gasteiger partial charge < -0.3 is 9.72 Å². The number of nitrogens with zero attached hydrogens (tertiary/aromatic N) is 2. The molecule has 1 aromatic carbocycles. The summed E-state index contributed by atoms with van der Waals surface area (Å²) in [5, 5.41) is 5.81. The van der Waals surface area contributed by atoms with Crippen LogP contribution in [0.5, 0.6) is 5.75 Å². The van der Waals surface area contributed by atoms with Crippen LogP contribution in [0.15, 0.2) is 57.7 Å². The maximum atomic E-state index is 12.3. The minimum absolute atomic E-state index is 0.00353. The van der Waals surface area contributed by atoms with E-state index in [1.807, 2.05) is 55.6 Å². The molecule has 27 heavy (non-hydrogen) atoms. The van der Waals surface area contributed by atoms with Crippen molar-refractivity contribution in [2.24, 2.45) is 5.10 Å². The van der Waals surface area contributed by atoms with Crippen LogP contribution in [0, 0.1) is 0 Å². The molecule has 7 nitrogen and oxygen atoms in total. The van der Waals surface area contributed by atoms with Crippen LogP contribution >= 0.6 is 11.3 Å². The van der Waals surface area contributed by atoms with Gasteiger partial charge in [0.15, 0.2) is 0 Å². The molecular formula is C19H18N4O3S. The van der Waals surface area contributed by atoms with E-state index in [0.717, 1.165) is 16.2 Å².